The van der Waals surface area contributed by atoms with Crippen LogP contribution >= 0.6 is 11.8 Å². The van der Waals surface area contributed by atoms with Crippen LogP contribution in [0.15, 0.2) is 70.6 Å². The van der Waals surface area contributed by atoms with Crippen LogP contribution < -0.4 is 15.4 Å². The van der Waals surface area contributed by atoms with Gasteiger partial charge in [0.1, 0.15) is 23.1 Å². The summed E-state index contributed by atoms with van der Waals surface area (Å²) < 4.78 is 36.4. The number of halogens is 2. The van der Waals surface area contributed by atoms with Crippen molar-refractivity contribution in [1.82, 2.24) is 30.7 Å². The first-order valence-corrected chi connectivity index (χ1v) is 13.8. The number of benzene rings is 2. The summed E-state index contributed by atoms with van der Waals surface area (Å²) in [6, 6.07) is 14.9. The molecule has 4 heterocycles. The minimum absolute atomic E-state index is 0.0543. The summed E-state index contributed by atoms with van der Waals surface area (Å²) in [6.45, 7) is -3.67. The van der Waals surface area contributed by atoms with Crippen molar-refractivity contribution in [2.75, 3.05) is 13.1 Å². The molecule has 216 valence electrons. The van der Waals surface area contributed by atoms with E-state index >= 15 is 0 Å². The van der Waals surface area contributed by atoms with Crippen molar-refractivity contribution < 1.29 is 32.6 Å². The third-order valence-corrected chi connectivity index (χ3v) is 7.99. The minimum Gasteiger partial charge on any atom is -0.455 e. The van der Waals surface area contributed by atoms with Gasteiger partial charge in [-0.2, -0.15) is 13.9 Å². The van der Waals surface area contributed by atoms with Gasteiger partial charge in [-0.25, -0.2) is 4.98 Å². The number of carbonyl (C=O) groups is 3. The number of pyridine rings is 1. The van der Waals surface area contributed by atoms with E-state index in [4.69, 9.17) is 4.74 Å². The number of likely N-dealkylation sites (tertiary alicyclic amines) is 1. The zero-order valence-corrected chi connectivity index (χ0v) is 22.7. The highest BCUT2D eigenvalue weighted by atomic mass is 32.2. The Bertz CT molecular complexity index is 1670. The molecule has 0 unspecified atom stereocenters. The Labute approximate surface area is 242 Å². The molecule has 6 rings (SSSR count). The molecule has 2 aliphatic rings. The molecule has 0 saturated carbocycles. The highest BCUT2D eigenvalue weighted by Crippen LogP contribution is 2.46. The van der Waals surface area contributed by atoms with Gasteiger partial charge >= 0.3 is 6.61 Å². The van der Waals surface area contributed by atoms with Crippen LogP contribution in [0.2, 0.25) is 0 Å². The molecular weight excluding hydrogens is 570 g/mol. The Kier molecular flexibility index (Phi) is 7.71. The van der Waals surface area contributed by atoms with E-state index in [1.165, 1.54) is 11.8 Å². The van der Waals surface area contributed by atoms with Crippen LogP contribution in [0.1, 0.15) is 22.5 Å². The van der Waals surface area contributed by atoms with Crippen LogP contribution in [0, 0.1) is 0 Å². The lowest BCUT2D eigenvalue weighted by molar-refractivity contribution is -0.160. The molecule has 0 aliphatic carbocycles. The van der Waals surface area contributed by atoms with Gasteiger partial charge in [-0.3, -0.25) is 19.5 Å². The second-order valence-corrected chi connectivity index (χ2v) is 10.7. The Morgan fingerprint density at radius 1 is 1.10 bits per heavy atom. The first kappa shape index (κ1) is 27.6. The monoisotopic (exact) mass is 594 g/mol. The Morgan fingerprint density at radius 3 is 2.79 bits per heavy atom. The molecule has 2 aromatic carbocycles. The highest BCUT2D eigenvalue weighted by molar-refractivity contribution is 7.99. The summed E-state index contributed by atoms with van der Waals surface area (Å²) in [5.74, 6) is -0.490. The van der Waals surface area contributed by atoms with Gasteiger partial charge in [0.05, 0.1) is 46.4 Å². The number of H-pyrrole nitrogens is 1. The molecule has 1 saturated heterocycles. The average Bonchev–Trinajstić information content (AvgIpc) is 3.63. The average molecular weight is 595 g/mol. The topological polar surface area (TPSA) is 139 Å². The normalized spacial score (nSPS) is 17.5. The molecule has 0 bridgehead atoms. The minimum atomic E-state index is -3.06. The lowest BCUT2D eigenvalue weighted by atomic mass is 10.1. The number of fused-ring (bicyclic) bond motifs is 3. The van der Waals surface area contributed by atoms with E-state index in [0.717, 1.165) is 20.2 Å². The summed E-state index contributed by atoms with van der Waals surface area (Å²) in [6.07, 6.45) is 0.387. The molecule has 0 radical (unpaired) electrons. The van der Waals surface area contributed by atoms with Gasteiger partial charge < -0.3 is 25.0 Å². The van der Waals surface area contributed by atoms with E-state index in [1.54, 1.807) is 36.5 Å². The molecule has 2 aromatic heterocycles. The Balaban J connectivity index is 1.09. The van der Waals surface area contributed by atoms with Crippen molar-refractivity contribution in [3.63, 3.8) is 0 Å². The number of ether oxygens (including phenoxy) is 2. The predicted molar refractivity (Wildman–Crippen MR) is 146 cm³/mol. The van der Waals surface area contributed by atoms with E-state index in [0.29, 0.717) is 22.7 Å². The van der Waals surface area contributed by atoms with Gasteiger partial charge in [-0.1, -0.05) is 23.9 Å². The van der Waals surface area contributed by atoms with E-state index in [9.17, 15) is 23.2 Å². The lowest BCUT2D eigenvalue weighted by Gasteiger charge is -2.24. The maximum Gasteiger partial charge on any atom is 0.345 e. The maximum absolute atomic E-state index is 13.1. The van der Waals surface area contributed by atoms with Crippen molar-refractivity contribution >= 4 is 40.5 Å². The van der Waals surface area contributed by atoms with Gasteiger partial charge in [0.15, 0.2) is 0 Å². The molecular formula is C28H24F2N6O5S. The molecule has 42 heavy (non-hydrogen) atoms. The molecule has 0 spiro atoms. The zero-order valence-electron chi connectivity index (χ0n) is 21.9. The Hall–Kier alpha value is -4.56. The summed E-state index contributed by atoms with van der Waals surface area (Å²) >= 11 is 1.52. The van der Waals surface area contributed by atoms with Gasteiger partial charge in [-0.05, 0) is 42.5 Å². The molecule has 3 N–H and O–H groups in total. The quantitative estimate of drug-likeness (QED) is 0.248. The lowest BCUT2D eigenvalue weighted by Crippen LogP contribution is -2.49. The SMILES string of the molecule is O=C(NCC(=O)N1C[C@H](OC(F)F)C[C@H]1C(=O)NCc1ccc2[nH]ncc2n1)c1ccc2c(c1)Oc1ccccc1S2. The number of nitrogens with zero attached hydrogens (tertiary/aromatic N) is 3. The number of aromatic nitrogens is 3. The Morgan fingerprint density at radius 2 is 1.93 bits per heavy atom. The molecule has 11 nitrogen and oxygen atoms in total. The second-order valence-electron chi connectivity index (χ2n) is 9.63. The molecule has 2 aliphatic heterocycles. The number of nitrogens with one attached hydrogen (secondary N) is 3. The van der Waals surface area contributed by atoms with E-state index < -0.39 is 43.0 Å². The summed E-state index contributed by atoms with van der Waals surface area (Å²) in [5.41, 5.74) is 2.18. The van der Waals surface area contributed by atoms with Crippen LogP contribution in [0.5, 0.6) is 11.5 Å². The number of alkyl halides is 2. The van der Waals surface area contributed by atoms with E-state index in [-0.39, 0.29) is 25.1 Å². The number of carbonyl (C=O) groups excluding carboxylic acids is 3. The van der Waals surface area contributed by atoms with Crippen molar-refractivity contribution in [3.05, 3.63) is 72.1 Å². The van der Waals surface area contributed by atoms with Gasteiger partial charge in [0.2, 0.25) is 11.8 Å². The van der Waals surface area contributed by atoms with Crippen molar-refractivity contribution in [3.8, 4) is 11.5 Å². The molecule has 3 amide bonds. The second kappa shape index (κ2) is 11.7. The van der Waals surface area contributed by atoms with Crippen molar-refractivity contribution in [2.24, 2.45) is 0 Å². The molecule has 2 atom stereocenters. The van der Waals surface area contributed by atoms with E-state index in [1.807, 2.05) is 24.3 Å². The number of hydrogen-bond donors (Lipinski definition) is 3. The number of hydrogen-bond acceptors (Lipinski definition) is 8. The molecule has 1 fully saturated rings. The fraction of sp³-hybridized carbons (Fsp3) is 0.250. The maximum atomic E-state index is 13.1. The van der Waals surface area contributed by atoms with Gasteiger partial charge in [0.25, 0.3) is 5.91 Å². The fourth-order valence-electron chi connectivity index (χ4n) is 4.86. The van der Waals surface area contributed by atoms with Crippen LogP contribution in [-0.4, -0.2) is 69.6 Å². The van der Waals surface area contributed by atoms with Crippen LogP contribution in [0.25, 0.3) is 11.0 Å². The number of rotatable bonds is 8. The summed E-state index contributed by atoms with van der Waals surface area (Å²) in [5, 5.41) is 12.0. The summed E-state index contributed by atoms with van der Waals surface area (Å²) in [7, 11) is 0. The van der Waals surface area contributed by atoms with E-state index in [2.05, 4.69) is 30.6 Å². The number of para-hydroxylation sites is 1. The standard InChI is InChI=1S/C28H24F2N6O5S/c29-28(30)40-17-10-20(27(39)31-11-16-6-7-18-19(34-16)12-33-35-18)36(14-17)25(37)13-32-26(38)15-5-8-24-22(9-15)41-21-3-1-2-4-23(21)42-24/h1-9,12,17,20,28H,10-11,13-14H2,(H,31,39)(H,32,38)(H,33,35)/t17-,20+/m1/s1. The first-order chi connectivity index (χ1) is 20.3. The fourth-order valence-corrected chi connectivity index (χ4v) is 5.79. The largest absolute Gasteiger partial charge is 0.455 e. The molecule has 4 aromatic rings. The van der Waals surface area contributed by atoms with Gasteiger partial charge in [-0.15, -0.1) is 0 Å². The van der Waals surface area contributed by atoms with Crippen LogP contribution in [0.3, 0.4) is 0 Å². The number of amides is 3. The number of aromatic amines is 1. The van der Waals surface area contributed by atoms with Crippen LogP contribution in [0.4, 0.5) is 8.78 Å². The summed E-state index contributed by atoms with van der Waals surface area (Å²) in [4.78, 5) is 46.4. The predicted octanol–water partition coefficient (Wildman–Crippen LogP) is 3.47. The first-order valence-electron chi connectivity index (χ1n) is 13.0. The van der Waals surface area contributed by atoms with Crippen molar-refractivity contribution in [1.29, 1.82) is 0 Å². The van der Waals surface area contributed by atoms with Crippen LogP contribution in [-0.2, 0) is 20.9 Å². The van der Waals surface area contributed by atoms with Crippen molar-refractivity contribution in [2.45, 2.75) is 41.5 Å². The third-order valence-electron chi connectivity index (χ3n) is 6.87. The smallest absolute Gasteiger partial charge is 0.345 e. The molecule has 14 heteroatoms. The third kappa shape index (κ3) is 5.90. The van der Waals surface area contributed by atoms with Gasteiger partial charge in [0, 0.05) is 18.5 Å². The highest BCUT2D eigenvalue weighted by Gasteiger charge is 2.41. The zero-order chi connectivity index (χ0) is 29.2.